The molecule has 5 heteroatoms. The first-order chi connectivity index (χ1) is 9.49. The number of hydrogen-bond donors (Lipinski definition) is 2. The molecule has 1 amide bonds. The van der Waals surface area contributed by atoms with Crippen LogP contribution in [0.2, 0.25) is 0 Å². The van der Waals surface area contributed by atoms with Gasteiger partial charge in [0.25, 0.3) is 0 Å². The first-order valence-electron chi connectivity index (χ1n) is 6.69. The normalized spacial score (nSPS) is 10.6. The van der Waals surface area contributed by atoms with Crippen molar-refractivity contribution in [2.75, 3.05) is 13.2 Å². The fraction of sp³-hybridized carbons (Fsp3) is 0.467. The molecule has 0 aliphatic rings. The standard InChI is InChI=1S/C15H21NO4/c1-11(2)20-9-3-8-16-14(17)10-12-4-6-13(7-5-12)15(18)19/h4-7,11H,3,8-10H2,1-2H3,(H,16,17)(H,18,19). The minimum absolute atomic E-state index is 0.0716. The average Bonchev–Trinajstić information content (AvgIpc) is 2.38. The summed E-state index contributed by atoms with van der Waals surface area (Å²) in [4.78, 5) is 22.4. The number of carbonyl (C=O) groups excluding carboxylic acids is 1. The predicted octanol–water partition coefficient (Wildman–Crippen LogP) is 1.86. The Kier molecular flexibility index (Phi) is 6.73. The first kappa shape index (κ1) is 16.2. The lowest BCUT2D eigenvalue weighted by molar-refractivity contribution is -0.120. The third kappa shape index (κ3) is 6.33. The van der Waals surface area contributed by atoms with Crippen LogP contribution in [0.3, 0.4) is 0 Å². The minimum atomic E-state index is -0.967. The van der Waals surface area contributed by atoms with Crippen LogP contribution in [0.1, 0.15) is 36.2 Å². The highest BCUT2D eigenvalue weighted by molar-refractivity contribution is 5.87. The van der Waals surface area contributed by atoms with Crippen molar-refractivity contribution in [3.63, 3.8) is 0 Å². The van der Waals surface area contributed by atoms with E-state index in [0.717, 1.165) is 12.0 Å². The molecular weight excluding hydrogens is 258 g/mol. The van der Waals surface area contributed by atoms with E-state index in [2.05, 4.69) is 5.32 Å². The molecule has 0 spiro atoms. The van der Waals surface area contributed by atoms with Gasteiger partial charge in [0.05, 0.1) is 18.1 Å². The summed E-state index contributed by atoms with van der Waals surface area (Å²) in [5, 5.41) is 11.6. The Morgan fingerprint density at radius 2 is 1.90 bits per heavy atom. The number of carboxylic acids is 1. The number of rotatable bonds is 8. The number of carboxylic acid groups (broad SMARTS) is 1. The molecule has 1 rings (SSSR count). The van der Waals surface area contributed by atoms with Crippen LogP contribution >= 0.6 is 0 Å². The SMILES string of the molecule is CC(C)OCCCNC(=O)Cc1ccc(C(=O)O)cc1. The number of ether oxygens (including phenoxy) is 1. The Labute approximate surface area is 118 Å². The van der Waals surface area contributed by atoms with Gasteiger partial charge in [0.1, 0.15) is 0 Å². The van der Waals surface area contributed by atoms with E-state index in [4.69, 9.17) is 9.84 Å². The third-order valence-electron chi connectivity index (χ3n) is 2.66. The summed E-state index contributed by atoms with van der Waals surface area (Å²) >= 11 is 0. The molecule has 0 atom stereocenters. The molecule has 1 aromatic carbocycles. The Bertz CT molecular complexity index is 440. The van der Waals surface area contributed by atoms with Crippen LogP contribution in [0, 0.1) is 0 Å². The van der Waals surface area contributed by atoms with Crippen LogP contribution in [0.5, 0.6) is 0 Å². The van der Waals surface area contributed by atoms with Crippen LogP contribution in [-0.4, -0.2) is 36.2 Å². The van der Waals surface area contributed by atoms with Gasteiger partial charge in [0, 0.05) is 13.2 Å². The van der Waals surface area contributed by atoms with Crippen LogP contribution in [0.4, 0.5) is 0 Å². The van der Waals surface area contributed by atoms with E-state index < -0.39 is 5.97 Å². The summed E-state index contributed by atoms with van der Waals surface area (Å²) in [5.41, 5.74) is 1.02. The summed E-state index contributed by atoms with van der Waals surface area (Å²) in [7, 11) is 0. The number of amides is 1. The summed E-state index contributed by atoms with van der Waals surface area (Å²) in [6, 6.07) is 6.32. The van der Waals surface area contributed by atoms with Gasteiger partial charge in [-0.3, -0.25) is 4.79 Å². The fourth-order valence-corrected chi connectivity index (χ4v) is 1.63. The number of aromatic carboxylic acids is 1. The van der Waals surface area contributed by atoms with E-state index in [1.807, 2.05) is 13.8 Å². The molecule has 0 unspecified atom stereocenters. The van der Waals surface area contributed by atoms with E-state index in [0.29, 0.717) is 13.2 Å². The molecule has 0 heterocycles. The minimum Gasteiger partial charge on any atom is -0.478 e. The predicted molar refractivity (Wildman–Crippen MR) is 75.8 cm³/mol. The lowest BCUT2D eigenvalue weighted by atomic mass is 10.1. The van der Waals surface area contributed by atoms with E-state index in [1.165, 1.54) is 12.1 Å². The van der Waals surface area contributed by atoms with Crippen LogP contribution in [0.15, 0.2) is 24.3 Å². The smallest absolute Gasteiger partial charge is 0.335 e. The highest BCUT2D eigenvalue weighted by atomic mass is 16.5. The zero-order chi connectivity index (χ0) is 15.0. The molecule has 0 saturated heterocycles. The van der Waals surface area contributed by atoms with E-state index >= 15 is 0 Å². The molecule has 20 heavy (non-hydrogen) atoms. The highest BCUT2D eigenvalue weighted by Crippen LogP contribution is 2.05. The van der Waals surface area contributed by atoms with Gasteiger partial charge >= 0.3 is 5.97 Å². The number of hydrogen-bond acceptors (Lipinski definition) is 3. The van der Waals surface area contributed by atoms with Gasteiger partial charge in [-0.25, -0.2) is 4.79 Å². The second-order valence-corrected chi connectivity index (χ2v) is 4.80. The molecule has 0 radical (unpaired) electrons. The summed E-state index contributed by atoms with van der Waals surface area (Å²) < 4.78 is 5.37. The largest absolute Gasteiger partial charge is 0.478 e. The van der Waals surface area contributed by atoms with Crippen molar-refractivity contribution in [3.8, 4) is 0 Å². The zero-order valence-electron chi connectivity index (χ0n) is 11.9. The summed E-state index contributed by atoms with van der Waals surface area (Å²) in [6.07, 6.45) is 1.24. The Balaban J connectivity index is 2.26. The van der Waals surface area contributed by atoms with E-state index in [1.54, 1.807) is 12.1 Å². The molecule has 2 N–H and O–H groups in total. The molecule has 110 valence electrons. The fourth-order valence-electron chi connectivity index (χ4n) is 1.63. The molecule has 0 bridgehead atoms. The van der Waals surface area contributed by atoms with Gasteiger partial charge in [-0.15, -0.1) is 0 Å². The summed E-state index contributed by atoms with van der Waals surface area (Å²) in [6.45, 7) is 5.16. The van der Waals surface area contributed by atoms with Crippen molar-refractivity contribution in [2.45, 2.75) is 32.8 Å². The molecular formula is C15H21NO4. The molecule has 5 nitrogen and oxygen atoms in total. The van der Waals surface area contributed by atoms with Crippen LogP contribution in [-0.2, 0) is 16.0 Å². The lowest BCUT2D eigenvalue weighted by Gasteiger charge is -2.08. The highest BCUT2D eigenvalue weighted by Gasteiger charge is 2.05. The molecule has 0 aromatic heterocycles. The molecule has 1 aromatic rings. The van der Waals surface area contributed by atoms with Gasteiger partial charge < -0.3 is 15.2 Å². The maximum absolute atomic E-state index is 11.7. The van der Waals surface area contributed by atoms with Crippen LogP contribution < -0.4 is 5.32 Å². The second kappa shape index (κ2) is 8.32. The van der Waals surface area contributed by atoms with Crippen molar-refractivity contribution >= 4 is 11.9 Å². The van der Waals surface area contributed by atoms with Gasteiger partial charge in [-0.05, 0) is 38.0 Å². The van der Waals surface area contributed by atoms with Gasteiger partial charge in [-0.2, -0.15) is 0 Å². The van der Waals surface area contributed by atoms with Crippen molar-refractivity contribution in [1.82, 2.24) is 5.32 Å². The monoisotopic (exact) mass is 279 g/mol. The number of benzene rings is 1. The van der Waals surface area contributed by atoms with Crippen LogP contribution in [0.25, 0.3) is 0 Å². The number of nitrogens with one attached hydrogen (secondary N) is 1. The average molecular weight is 279 g/mol. The Morgan fingerprint density at radius 1 is 1.25 bits per heavy atom. The van der Waals surface area contributed by atoms with Crippen molar-refractivity contribution in [3.05, 3.63) is 35.4 Å². The molecule has 0 saturated carbocycles. The Morgan fingerprint density at radius 3 is 2.45 bits per heavy atom. The van der Waals surface area contributed by atoms with Crippen molar-refractivity contribution in [2.24, 2.45) is 0 Å². The first-order valence-corrected chi connectivity index (χ1v) is 6.69. The quantitative estimate of drug-likeness (QED) is 0.712. The topological polar surface area (TPSA) is 75.6 Å². The van der Waals surface area contributed by atoms with Gasteiger partial charge in [0.2, 0.25) is 5.91 Å². The summed E-state index contributed by atoms with van der Waals surface area (Å²) in [5.74, 6) is -1.04. The van der Waals surface area contributed by atoms with Crippen molar-refractivity contribution in [1.29, 1.82) is 0 Å². The molecule has 0 aliphatic heterocycles. The zero-order valence-corrected chi connectivity index (χ0v) is 11.9. The maximum atomic E-state index is 11.7. The second-order valence-electron chi connectivity index (χ2n) is 4.80. The van der Waals surface area contributed by atoms with Gasteiger partial charge in [0.15, 0.2) is 0 Å². The molecule has 0 fully saturated rings. The van der Waals surface area contributed by atoms with Crippen molar-refractivity contribution < 1.29 is 19.4 Å². The van der Waals surface area contributed by atoms with Gasteiger partial charge in [-0.1, -0.05) is 12.1 Å². The maximum Gasteiger partial charge on any atom is 0.335 e. The lowest BCUT2D eigenvalue weighted by Crippen LogP contribution is -2.27. The third-order valence-corrected chi connectivity index (χ3v) is 2.66. The Hall–Kier alpha value is -1.88. The molecule has 0 aliphatic carbocycles. The van der Waals surface area contributed by atoms with E-state index in [-0.39, 0.29) is 24.0 Å². The van der Waals surface area contributed by atoms with E-state index in [9.17, 15) is 9.59 Å². The number of carbonyl (C=O) groups is 2.